The zero-order valence-electron chi connectivity index (χ0n) is 18.5. The fraction of sp³-hybridized carbons (Fsp3) is 0.208. The number of sulfonamides is 1. The number of hydrogen-bond acceptors (Lipinski definition) is 5. The lowest BCUT2D eigenvalue weighted by atomic mass is 10.1. The van der Waals surface area contributed by atoms with Gasteiger partial charge in [0, 0.05) is 5.56 Å². The minimum absolute atomic E-state index is 0.122. The number of halogens is 1. The molecule has 3 rings (SSSR count). The number of methoxy groups -OCH3 is 2. The fourth-order valence-electron chi connectivity index (χ4n) is 3.32. The molecular formula is C24H25FN2O5S. The van der Waals surface area contributed by atoms with E-state index >= 15 is 0 Å². The number of para-hydroxylation sites is 1. The second kappa shape index (κ2) is 10.4. The van der Waals surface area contributed by atoms with E-state index in [1.54, 1.807) is 55.5 Å². The lowest BCUT2D eigenvalue weighted by Crippen LogP contribution is -2.41. The van der Waals surface area contributed by atoms with Gasteiger partial charge in [0.2, 0.25) is 5.91 Å². The molecule has 0 heterocycles. The van der Waals surface area contributed by atoms with Crippen LogP contribution in [0.5, 0.6) is 11.5 Å². The number of hydrogen-bond donors (Lipinski definition) is 1. The number of rotatable bonds is 9. The number of nitrogens with zero attached hydrogens (tertiary/aromatic N) is 1. The molecule has 0 aliphatic carbocycles. The minimum atomic E-state index is -4.13. The Hall–Kier alpha value is -3.59. The Kier molecular flexibility index (Phi) is 7.55. The predicted octanol–water partition coefficient (Wildman–Crippen LogP) is 3.92. The van der Waals surface area contributed by atoms with Gasteiger partial charge in [-0.2, -0.15) is 0 Å². The summed E-state index contributed by atoms with van der Waals surface area (Å²) in [5.74, 6) is 0.0695. The molecule has 1 atom stereocenters. The van der Waals surface area contributed by atoms with Crippen molar-refractivity contribution in [3.05, 3.63) is 84.2 Å². The van der Waals surface area contributed by atoms with Crippen molar-refractivity contribution in [3.8, 4) is 11.5 Å². The molecule has 1 amide bonds. The monoisotopic (exact) mass is 472 g/mol. The Balaban J connectivity index is 1.88. The summed E-state index contributed by atoms with van der Waals surface area (Å²) in [7, 11) is -1.07. The van der Waals surface area contributed by atoms with Crippen LogP contribution in [-0.2, 0) is 14.8 Å². The van der Waals surface area contributed by atoms with Crippen molar-refractivity contribution in [1.82, 2.24) is 5.32 Å². The molecular weight excluding hydrogens is 447 g/mol. The zero-order chi connectivity index (χ0) is 24.0. The molecule has 0 bridgehead atoms. The maximum absolute atomic E-state index is 13.3. The van der Waals surface area contributed by atoms with Gasteiger partial charge >= 0.3 is 0 Å². The third-order valence-corrected chi connectivity index (χ3v) is 6.80. The van der Waals surface area contributed by atoms with E-state index in [0.717, 1.165) is 16.4 Å². The molecule has 0 aliphatic rings. The summed E-state index contributed by atoms with van der Waals surface area (Å²) in [6, 6.07) is 17.4. The highest BCUT2D eigenvalue weighted by Crippen LogP contribution is 2.29. The van der Waals surface area contributed by atoms with Crippen molar-refractivity contribution in [3.63, 3.8) is 0 Å². The number of amides is 1. The molecule has 7 nitrogen and oxygen atoms in total. The first-order chi connectivity index (χ1) is 15.8. The number of nitrogens with one attached hydrogen (secondary N) is 1. The first-order valence-electron chi connectivity index (χ1n) is 10.1. The van der Waals surface area contributed by atoms with Gasteiger partial charge in [-0.15, -0.1) is 0 Å². The third-order valence-electron chi connectivity index (χ3n) is 5.01. The van der Waals surface area contributed by atoms with Crippen molar-refractivity contribution < 1.29 is 27.1 Å². The molecule has 9 heteroatoms. The molecule has 0 radical (unpaired) electrons. The molecule has 33 heavy (non-hydrogen) atoms. The zero-order valence-corrected chi connectivity index (χ0v) is 19.3. The Bertz CT molecular complexity index is 1200. The van der Waals surface area contributed by atoms with E-state index in [1.165, 1.54) is 26.4 Å². The maximum Gasteiger partial charge on any atom is 0.264 e. The summed E-state index contributed by atoms with van der Waals surface area (Å²) in [5.41, 5.74) is 0.987. The van der Waals surface area contributed by atoms with E-state index in [1.807, 2.05) is 0 Å². The number of anilines is 1. The van der Waals surface area contributed by atoms with Crippen LogP contribution in [-0.4, -0.2) is 35.1 Å². The molecule has 0 saturated carbocycles. The summed E-state index contributed by atoms with van der Waals surface area (Å²) < 4.78 is 51.6. The predicted molar refractivity (Wildman–Crippen MR) is 123 cm³/mol. The highest BCUT2D eigenvalue weighted by Gasteiger charge is 2.28. The first-order valence-corrected chi connectivity index (χ1v) is 11.5. The van der Waals surface area contributed by atoms with E-state index in [4.69, 9.17) is 9.47 Å². The molecule has 1 N–H and O–H groups in total. The second-order valence-electron chi connectivity index (χ2n) is 7.20. The molecule has 0 fully saturated rings. The van der Waals surface area contributed by atoms with Gasteiger partial charge in [-0.05, 0) is 61.5 Å². The number of carbonyl (C=O) groups is 1. The van der Waals surface area contributed by atoms with E-state index in [-0.39, 0.29) is 4.90 Å². The SMILES string of the molecule is COc1ccc(OC)c(C(C)NC(=O)CN(c2ccccc2)S(=O)(=O)c2ccc(F)cc2)c1. The van der Waals surface area contributed by atoms with E-state index in [2.05, 4.69) is 5.32 Å². The van der Waals surface area contributed by atoms with E-state index in [0.29, 0.717) is 22.7 Å². The highest BCUT2D eigenvalue weighted by atomic mass is 32.2. The van der Waals surface area contributed by atoms with Gasteiger partial charge in [0.15, 0.2) is 0 Å². The number of carbonyl (C=O) groups excluding carboxylic acids is 1. The average Bonchev–Trinajstić information content (AvgIpc) is 2.82. The summed E-state index contributed by atoms with van der Waals surface area (Å²) in [6.45, 7) is 1.29. The van der Waals surface area contributed by atoms with E-state index in [9.17, 15) is 17.6 Å². The first kappa shape index (κ1) is 24.1. The summed E-state index contributed by atoms with van der Waals surface area (Å²) >= 11 is 0. The van der Waals surface area contributed by atoms with Crippen molar-refractivity contribution >= 4 is 21.6 Å². The Morgan fingerprint density at radius 1 is 1.00 bits per heavy atom. The Morgan fingerprint density at radius 2 is 1.67 bits per heavy atom. The van der Waals surface area contributed by atoms with Gasteiger partial charge in [0.05, 0.1) is 30.8 Å². The van der Waals surface area contributed by atoms with E-state index < -0.39 is 34.3 Å². The van der Waals surface area contributed by atoms with Crippen LogP contribution in [0.15, 0.2) is 77.7 Å². The van der Waals surface area contributed by atoms with Crippen molar-refractivity contribution in [2.45, 2.75) is 17.9 Å². The molecule has 0 aromatic heterocycles. The highest BCUT2D eigenvalue weighted by molar-refractivity contribution is 7.92. The molecule has 1 unspecified atom stereocenters. The molecule has 0 spiro atoms. The van der Waals surface area contributed by atoms with Gasteiger partial charge in [0.1, 0.15) is 23.9 Å². The van der Waals surface area contributed by atoms with Crippen LogP contribution in [0.3, 0.4) is 0 Å². The standard InChI is InChI=1S/C24H25FN2O5S/c1-17(22-15-20(31-2)11-14-23(22)32-3)26-24(28)16-27(19-7-5-4-6-8-19)33(29,30)21-12-9-18(25)10-13-21/h4-15,17H,16H2,1-3H3,(H,26,28). The van der Waals surface area contributed by atoms with Gasteiger partial charge < -0.3 is 14.8 Å². The second-order valence-corrected chi connectivity index (χ2v) is 9.06. The lowest BCUT2D eigenvalue weighted by molar-refractivity contribution is -0.120. The van der Waals surface area contributed by atoms with Crippen LogP contribution < -0.4 is 19.1 Å². The van der Waals surface area contributed by atoms with Crippen LogP contribution in [0.2, 0.25) is 0 Å². The van der Waals surface area contributed by atoms with Crippen LogP contribution >= 0.6 is 0 Å². The smallest absolute Gasteiger partial charge is 0.264 e. The quantitative estimate of drug-likeness (QED) is 0.510. The average molecular weight is 473 g/mol. The fourth-order valence-corrected chi connectivity index (χ4v) is 4.74. The molecule has 0 aliphatic heterocycles. The summed E-state index contributed by atoms with van der Waals surface area (Å²) in [5, 5.41) is 2.81. The largest absolute Gasteiger partial charge is 0.497 e. The molecule has 174 valence electrons. The van der Waals surface area contributed by atoms with Gasteiger partial charge in [0.25, 0.3) is 10.0 Å². The van der Waals surface area contributed by atoms with Crippen LogP contribution in [0.4, 0.5) is 10.1 Å². The van der Waals surface area contributed by atoms with Crippen LogP contribution in [0, 0.1) is 5.82 Å². The topological polar surface area (TPSA) is 84.9 Å². The van der Waals surface area contributed by atoms with Gasteiger partial charge in [-0.3, -0.25) is 9.10 Å². The van der Waals surface area contributed by atoms with Crippen LogP contribution in [0.25, 0.3) is 0 Å². The number of benzene rings is 3. The van der Waals surface area contributed by atoms with Crippen molar-refractivity contribution in [2.24, 2.45) is 0 Å². The van der Waals surface area contributed by atoms with Gasteiger partial charge in [-0.25, -0.2) is 12.8 Å². The number of ether oxygens (including phenoxy) is 2. The molecule has 3 aromatic rings. The third kappa shape index (κ3) is 5.61. The van der Waals surface area contributed by atoms with Crippen molar-refractivity contribution in [2.75, 3.05) is 25.1 Å². The summed E-state index contributed by atoms with van der Waals surface area (Å²) in [4.78, 5) is 12.8. The minimum Gasteiger partial charge on any atom is -0.497 e. The Morgan fingerprint density at radius 3 is 2.27 bits per heavy atom. The summed E-state index contributed by atoms with van der Waals surface area (Å²) in [6.07, 6.45) is 0. The maximum atomic E-state index is 13.3. The van der Waals surface area contributed by atoms with Crippen molar-refractivity contribution in [1.29, 1.82) is 0 Å². The normalized spacial score (nSPS) is 12.0. The van der Waals surface area contributed by atoms with Crippen LogP contribution in [0.1, 0.15) is 18.5 Å². The molecule has 0 saturated heterocycles. The Labute approximate surface area is 192 Å². The molecule has 3 aromatic carbocycles. The lowest BCUT2D eigenvalue weighted by Gasteiger charge is -2.25. The van der Waals surface area contributed by atoms with Gasteiger partial charge in [-0.1, -0.05) is 18.2 Å².